The number of ether oxygens (including phenoxy) is 3. The van der Waals surface area contributed by atoms with E-state index in [0.29, 0.717) is 0 Å². The first kappa shape index (κ1) is 22.3. The minimum absolute atomic E-state index is 0.162. The minimum atomic E-state index is -0.697. The molecule has 0 unspecified atom stereocenters. The lowest BCUT2D eigenvalue weighted by molar-refractivity contribution is -0.393. The molecule has 11 nitrogen and oxygen atoms in total. The van der Waals surface area contributed by atoms with Crippen LogP contribution in [0.1, 0.15) is 20.8 Å². The van der Waals surface area contributed by atoms with Crippen LogP contribution in [0.4, 0.5) is 17.1 Å². The fourth-order valence-electron chi connectivity index (χ4n) is 1.94. The van der Waals surface area contributed by atoms with Gasteiger partial charge < -0.3 is 19.5 Å². The Morgan fingerprint density at radius 1 is 1.07 bits per heavy atom. The lowest BCUT2D eigenvalue weighted by Crippen LogP contribution is -2.27. The van der Waals surface area contributed by atoms with E-state index in [9.17, 15) is 25.0 Å². The first-order valence-electron chi connectivity index (χ1n) is 8.14. The molecule has 0 fully saturated rings. The summed E-state index contributed by atoms with van der Waals surface area (Å²) < 4.78 is 15.5. The van der Waals surface area contributed by atoms with Crippen molar-refractivity contribution in [3.8, 4) is 0 Å². The van der Waals surface area contributed by atoms with E-state index in [0.717, 1.165) is 6.07 Å². The van der Waals surface area contributed by atoms with Crippen molar-refractivity contribution in [3.05, 3.63) is 38.4 Å². The van der Waals surface area contributed by atoms with Crippen LogP contribution in [0.2, 0.25) is 0 Å². The van der Waals surface area contributed by atoms with Gasteiger partial charge in [-0.15, -0.1) is 0 Å². The fraction of sp³-hybridized carbons (Fsp3) is 0.562. The standard InChI is InChI=1S/C16H23N3O8/c1-16(2,3)27-15(20)11-26-9-8-25-7-6-17-13-5-4-12(18(21)22)10-14(13)19(23)24/h4-5,10,17H,6-9,11H2,1-3H3. The summed E-state index contributed by atoms with van der Waals surface area (Å²) in [6, 6.07) is 3.36. The van der Waals surface area contributed by atoms with Gasteiger partial charge in [0.25, 0.3) is 11.4 Å². The number of esters is 1. The predicted molar refractivity (Wildman–Crippen MR) is 95.7 cm³/mol. The second-order valence-electron chi connectivity index (χ2n) is 6.39. The Labute approximate surface area is 155 Å². The van der Waals surface area contributed by atoms with Gasteiger partial charge in [-0.05, 0) is 26.8 Å². The van der Waals surface area contributed by atoms with Crippen LogP contribution in [-0.2, 0) is 19.0 Å². The van der Waals surface area contributed by atoms with Crippen LogP contribution >= 0.6 is 0 Å². The molecule has 0 aliphatic carbocycles. The molecule has 0 heterocycles. The second kappa shape index (κ2) is 10.4. The molecule has 0 radical (unpaired) electrons. The highest BCUT2D eigenvalue weighted by atomic mass is 16.6. The van der Waals surface area contributed by atoms with E-state index < -0.39 is 21.4 Å². The van der Waals surface area contributed by atoms with Crippen molar-refractivity contribution < 1.29 is 28.9 Å². The number of rotatable bonds is 11. The van der Waals surface area contributed by atoms with Gasteiger partial charge in [-0.1, -0.05) is 0 Å². The van der Waals surface area contributed by atoms with E-state index in [1.54, 1.807) is 20.8 Å². The van der Waals surface area contributed by atoms with E-state index in [4.69, 9.17) is 14.2 Å². The van der Waals surface area contributed by atoms with Crippen molar-refractivity contribution >= 4 is 23.0 Å². The molecule has 0 atom stereocenters. The minimum Gasteiger partial charge on any atom is -0.458 e. The number of nitrogens with one attached hydrogen (secondary N) is 1. The van der Waals surface area contributed by atoms with Crippen molar-refractivity contribution in [2.75, 3.05) is 38.3 Å². The molecule has 1 aromatic rings. The molecule has 1 N–H and O–H groups in total. The third-order valence-corrected chi connectivity index (χ3v) is 2.96. The summed E-state index contributed by atoms with van der Waals surface area (Å²) in [5, 5.41) is 24.5. The highest BCUT2D eigenvalue weighted by Crippen LogP contribution is 2.28. The van der Waals surface area contributed by atoms with Gasteiger partial charge >= 0.3 is 5.97 Å². The average Bonchev–Trinajstić information content (AvgIpc) is 2.55. The Morgan fingerprint density at radius 2 is 1.74 bits per heavy atom. The van der Waals surface area contributed by atoms with E-state index in [1.165, 1.54) is 12.1 Å². The molecule has 27 heavy (non-hydrogen) atoms. The zero-order chi connectivity index (χ0) is 20.4. The van der Waals surface area contributed by atoms with Crippen molar-refractivity contribution in [1.29, 1.82) is 0 Å². The van der Waals surface area contributed by atoms with Crippen LogP contribution in [0, 0.1) is 20.2 Å². The van der Waals surface area contributed by atoms with Gasteiger partial charge in [0.15, 0.2) is 0 Å². The summed E-state index contributed by atoms with van der Waals surface area (Å²) in [5.74, 6) is -0.463. The fourth-order valence-corrected chi connectivity index (χ4v) is 1.94. The normalized spacial score (nSPS) is 11.1. The number of nitro benzene ring substituents is 2. The molecule has 0 aliphatic heterocycles. The molecule has 0 bridgehead atoms. The van der Waals surface area contributed by atoms with E-state index in [1.807, 2.05) is 0 Å². The Hall–Kier alpha value is -2.79. The van der Waals surface area contributed by atoms with Crippen molar-refractivity contribution in [2.24, 2.45) is 0 Å². The van der Waals surface area contributed by atoms with Gasteiger partial charge in [0.05, 0.1) is 35.7 Å². The largest absolute Gasteiger partial charge is 0.458 e. The van der Waals surface area contributed by atoms with Crippen molar-refractivity contribution in [1.82, 2.24) is 0 Å². The zero-order valence-corrected chi connectivity index (χ0v) is 15.4. The first-order chi connectivity index (χ1) is 12.6. The van der Waals surface area contributed by atoms with Gasteiger partial charge in [0.2, 0.25) is 0 Å². The molecule has 0 saturated heterocycles. The van der Waals surface area contributed by atoms with Gasteiger partial charge in [0.1, 0.15) is 17.9 Å². The highest BCUT2D eigenvalue weighted by molar-refractivity contribution is 5.71. The third-order valence-electron chi connectivity index (χ3n) is 2.96. The Morgan fingerprint density at radius 3 is 2.33 bits per heavy atom. The molecule has 150 valence electrons. The van der Waals surface area contributed by atoms with E-state index in [-0.39, 0.29) is 50.0 Å². The highest BCUT2D eigenvalue weighted by Gasteiger charge is 2.19. The molecular weight excluding hydrogens is 362 g/mol. The number of carbonyl (C=O) groups excluding carboxylic acids is 1. The summed E-state index contributed by atoms with van der Waals surface area (Å²) in [6.45, 7) is 6.01. The van der Waals surface area contributed by atoms with Crippen LogP contribution < -0.4 is 5.32 Å². The molecule has 1 rings (SSSR count). The molecule has 0 aliphatic rings. The van der Waals surface area contributed by atoms with Crippen molar-refractivity contribution in [3.63, 3.8) is 0 Å². The predicted octanol–water partition coefficient (Wildman–Crippen LogP) is 2.29. The number of nitro groups is 2. The molecule has 0 aromatic heterocycles. The van der Waals surface area contributed by atoms with E-state index >= 15 is 0 Å². The van der Waals surface area contributed by atoms with Gasteiger partial charge in [-0.25, -0.2) is 4.79 Å². The Balaban J connectivity index is 2.26. The number of non-ortho nitro benzene ring substituents is 1. The summed E-state index contributed by atoms with van der Waals surface area (Å²) in [6.07, 6.45) is 0. The van der Waals surface area contributed by atoms with Crippen LogP contribution in [0.15, 0.2) is 18.2 Å². The number of nitrogens with zero attached hydrogens (tertiary/aromatic N) is 2. The summed E-state index contributed by atoms with van der Waals surface area (Å²) in [5.41, 5.74) is -1.14. The third kappa shape index (κ3) is 8.92. The molecule has 0 spiro atoms. The number of carbonyl (C=O) groups is 1. The Kier molecular flexibility index (Phi) is 8.56. The lowest BCUT2D eigenvalue weighted by Gasteiger charge is -2.19. The van der Waals surface area contributed by atoms with Gasteiger partial charge in [-0.3, -0.25) is 20.2 Å². The monoisotopic (exact) mass is 385 g/mol. The number of benzene rings is 1. The second-order valence-corrected chi connectivity index (χ2v) is 6.39. The maximum absolute atomic E-state index is 11.4. The Bertz CT molecular complexity index is 672. The summed E-state index contributed by atoms with van der Waals surface area (Å²) in [4.78, 5) is 31.7. The maximum atomic E-state index is 11.4. The number of anilines is 1. The van der Waals surface area contributed by atoms with Crippen LogP contribution in [0.5, 0.6) is 0 Å². The topological polar surface area (TPSA) is 143 Å². The summed E-state index contributed by atoms with van der Waals surface area (Å²) >= 11 is 0. The number of hydrogen-bond acceptors (Lipinski definition) is 9. The molecule has 0 amide bonds. The van der Waals surface area contributed by atoms with Gasteiger partial charge in [0, 0.05) is 12.6 Å². The first-order valence-corrected chi connectivity index (χ1v) is 8.14. The van der Waals surface area contributed by atoms with E-state index in [2.05, 4.69) is 5.32 Å². The lowest BCUT2D eigenvalue weighted by atomic mass is 10.2. The SMILES string of the molecule is CC(C)(C)OC(=O)COCCOCCNc1ccc([N+](=O)[O-])cc1[N+](=O)[O-]. The van der Waals surface area contributed by atoms with Crippen LogP contribution in [0.25, 0.3) is 0 Å². The zero-order valence-electron chi connectivity index (χ0n) is 15.4. The van der Waals surface area contributed by atoms with Gasteiger partial charge in [-0.2, -0.15) is 0 Å². The molecule has 0 saturated carbocycles. The molecule has 11 heteroatoms. The summed E-state index contributed by atoms with van der Waals surface area (Å²) in [7, 11) is 0. The quantitative estimate of drug-likeness (QED) is 0.262. The maximum Gasteiger partial charge on any atom is 0.332 e. The van der Waals surface area contributed by atoms with Crippen LogP contribution in [-0.4, -0.2) is 54.4 Å². The average molecular weight is 385 g/mol. The van der Waals surface area contributed by atoms with Crippen LogP contribution in [0.3, 0.4) is 0 Å². The van der Waals surface area contributed by atoms with Crippen molar-refractivity contribution in [2.45, 2.75) is 26.4 Å². The smallest absolute Gasteiger partial charge is 0.332 e. The molecule has 1 aromatic carbocycles. The molecular formula is C16H23N3O8. The number of hydrogen-bond donors (Lipinski definition) is 1.